The minimum Gasteiger partial charge on any atom is -0.497 e. The molecule has 1 amide bonds. The van der Waals surface area contributed by atoms with Crippen LogP contribution in [0.25, 0.3) is 0 Å². The number of anilines is 2. The van der Waals surface area contributed by atoms with Gasteiger partial charge in [-0.25, -0.2) is 13.2 Å². The third kappa shape index (κ3) is 5.42. The van der Waals surface area contributed by atoms with Gasteiger partial charge in [-0.2, -0.15) is 0 Å². The highest BCUT2D eigenvalue weighted by Crippen LogP contribution is 2.30. The van der Waals surface area contributed by atoms with Crippen molar-refractivity contribution >= 4 is 33.3 Å². The highest BCUT2D eigenvalue weighted by atomic mass is 32.2. The van der Waals surface area contributed by atoms with Crippen molar-refractivity contribution in [1.29, 1.82) is 0 Å². The fourth-order valence-electron chi connectivity index (χ4n) is 2.95. The Bertz CT molecular complexity index is 1270. The second kappa shape index (κ2) is 10.0. The number of hydrogen-bond donors (Lipinski definition) is 2. The number of carbonyl (C=O) groups is 2. The van der Waals surface area contributed by atoms with Gasteiger partial charge in [-0.3, -0.25) is 9.52 Å². The van der Waals surface area contributed by atoms with Gasteiger partial charge < -0.3 is 19.5 Å². The van der Waals surface area contributed by atoms with Crippen LogP contribution in [0.1, 0.15) is 20.7 Å². The molecule has 0 unspecified atom stereocenters. The lowest BCUT2D eigenvalue weighted by atomic mass is 10.1. The first-order valence-corrected chi connectivity index (χ1v) is 11.1. The van der Waals surface area contributed by atoms with Gasteiger partial charge in [0.15, 0.2) is 0 Å². The number of hydrogen-bond acceptors (Lipinski definition) is 7. The van der Waals surface area contributed by atoms with E-state index in [-0.39, 0.29) is 21.7 Å². The minimum absolute atomic E-state index is 0.0813. The highest BCUT2D eigenvalue weighted by Gasteiger charge is 2.20. The number of esters is 1. The number of benzene rings is 3. The lowest BCUT2D eigenvalue weighted by Crippen LogP contribution is -2.19. The number of amides is 1. The van der Waals surface area contributed by atoms with Gasteiger partial charge in [0.25, 0.3) is 15.9 Å². The van der Waals surface area contributed by atoms with Crippen molar-refractivity contribution in [3.63, 3.8) is 0 Å². The second-order valence-electron chi connectivity index (χ2n) is 6.69. The molecule has 0 saturated heterocycles. The number of methoxy groups -OCH3 is 3. The molecule has 0 heterocycles. The summed E-state index contributed by atoms with van der Waals surface area (Å²) in [7, 11) is 0.166. The summed E-state index contributed by atoms with van der Waals surface area (Å²) in [6.45, 7) is 0. The Morgan fingerprint density at radius 3 is 2.15 bits per heavy atom. The van der Waals surface area contributed by atoms with E-state index in [2.05, 4.69) is 14.8 Å². The zero-order valence-corrected chi connectivity index (χ0v) is 18.9. The van der Waals surface area contributed by atoms with E-state index in [0.29, 0.717) is 17.2 Å². The maximum absolute atomic E-state index is 12.9. The van der Waals surface area contributed by atoms with Gasteiger partial charge in [-0.05, 0) is 48.5 Å². The summed E-state index contributed by atoms with van der Waals surface area (Å²) in [5.74, 6) is -0.191. The molecule has 0 aromatic heterocycles. The van der Waals surface area contributed by atoms with Crippen molar-refractivity contribution in [3.8, 4) is 11.5 Å². The zero-order chi connectivity index (χ0) is 24.0. The number of ether oxygens (including phenoxy) is 3. The third-order valence-corrected chi connectivity index (χ3v) is 6.04. The van der Waals surface area contributed by atoms with Crippen LogP contribution in [0.15, 0.2) is 71.6 Å². The van der Waals surface area contributed by atoms with Crippen molar-refractivity contribution in [3.05, 3.63) is 77.9 Å². The lowest BCUT2D eigenvalue weighted by Gasteiger charge is -2.15. The van der Waals surface area contributed by atoms with E-state index < -0.39 is 21.9 Å². The van der Waals surface area contributed by atoms with E-state index in [9.17, 15) is 18.0 Å². The quantitative estimate of drug-likeness (QED) is 0.483. The molecule has 3 aromatic rings. The number of sulfonamides is 1. The summed E-state index contributed by atoms with van der Waals surface area (Å²) in [5.41, 5.74) is 0.786. The number of nitrogens with one attached hydrogen (secondary N) is 2. The molecule has 172 valence electrons. The van der Waals surface area contributed by atoms with Crippen molar-refractivity contribution in [2.24, 2.45) is 0 Å². The van der Waals surface area contributed by atoms with Gasteiger partial charge in [0.05, 0.1) is 48.7 Å². The van der Waals surface area contributed by atoms with Crippen molar-refractivity contribution in [2.75, 3.05) is 31.4 Å². The second-order valence-corrected chi connectivity index (χ2v) is 8.37. The number of rotatable bonds is 8. The molecule has 0 bridgehead atoms. The van der Waals surface area contributed by atoms with Crippen LogP contribution in [0, 0.1) is 0 Å². The summed E-state index contributed by atoms with van der Waals surface area (Å²) >= 11 is 0. The van der Waals surface area contributed by atoms with Crippen LogP contribution in [-0.4, -0.2) is 41.6 Å². The topological polar surface area (TPSA) is 120 Å². The first-order valence-electron chi connectivity index (χ1n) is 9.62. The Labute approximate surface area is 191 Å². The Morgan fingerprint density at radius 2 is 1.52 bits per heavy atom. The van der Waals surface area contributed by atoms with E-state index >= 15 is 0 Å². The summed E-state index contributed by atoms with van der Waals surface area (Å²) in [5, 5.41) is 2.72. The van der Waals surface area contributed by atoms with E-state index in [4.69, 9.17) is 9.47 Å². The molecular weight excluding hydrogens is 448 g/mol. The fourth-order valence-corrected chi connectivity index (χ4v) is 4.03. The maximum Gasteiger partial charge on any atom is 0.337 e. The molecular formula is C23H22N2O7S. The monoisotopic (exact) mass is 470 g/mol. The van der Waals surface area contributed by atoms with E-state index in [1.165, 1.54) is 57.7 Å². The molecule has 0 aliphatic rings. The van der Waals surface area contributed by atoms with E-state index in [1.807, 2.05) is 0 Å². The van der Waals surface area contributed by atoms with Crippen LogP contribution >= 0.6 is 0 Å². The first kappa shape index (κ1) is 23.6. The average Bonchev–Trinajstić information content (AvgIpc) is 2.83. The highest BCUT2D eigenvalue weighted by molar-refractivity contribution is 7.92. The molecule has 2 N–H and O–H groups in total. The lowest BCUT2D eigenvalue weighted by molar-refractivity contribution is 0.0600. The van der Waals surface area contributed by atoms with Crippen LogP contribution < -0.4 is 19.5 Å². The first-order chi connectivity index (χ1) is 15.8. The van der Waals surface area contributed by atoms with Gasteiger partial charge >= 0.3 is 5.97 Å². The molecule has 0 aliphatic heterocycles. The molecule has 10 heteroatoms. The third-order valence-electron chi connectivity index (χ3n) is 4.66. The normalized spacial score (nSPS) is 10.8. The van der Waals surface area contributed by atoms with Gasteiger partial charge in [0.2, 0.25) is 0 Å². The summed E-state index contributed by atoms with van der Waals surface area (Å²) in [6.07, 6.45) is 0. The number of carbonyl (C=O) groups excluding carboxylic acids is 2. The Hall–Kier alpha value is -4.05. The molecule has 3 rings (SSSR count). The molecule has 9 nitrogen and oxygen atoms in total. The molecule has 0 spiro atoms. The fraction of sp³-hybridized carbons (Fsp3) is 0.130. The Balaban J connectivity index is 1.86. The molecule has 33 heavy (non-hydrogen) atoms. The SMILES string of the molecule is COC(=O)c1ccc(S(=O)(=O)Nc2ccccc2C(=O)Nc2ccc(OC)cc2OC)cc1. The molecule has 0 atom stereocenters. The van der Waals surface area contributed by atoms with E-state index in [0.717, 1.165) is 0 Å². The zero-order valence-electron chi connectivity index (χ0n) is 18.1. The standard InChI is InChI=1S/C23H22N2O7S/c1-30-16-10-13-20(21(14-16)31-2)24-22(26)18-6-4-5-7-19(18)25-33(28,29)17-11-8-15(9-12-17)23(27)32-3/h4-14,25H,1-3H3,(H,24,26). The Morgan fingerprint density at radius 1 is 0.818 bits per heavy atom. The van der Waals surface area contributed by atoms with E-state index in [1.54, 1.807) is 30.3 Å². The average molecular weight is 471 g/mol. The van der Waals surface area contributed by atoms with Crippen LogP contribution in [0.3, 0.4) is 0 Å². The minimum atomic E-state index is -4.04. The van der Waals surface area contributed by atoms with Crippen molar-refractivity contribution < 1.29 is 32.2 Å². The van der Waals surface area contributed by atoms with Gasteiger partial charge in [-0.15, -0.1) is 0 Å². The molecule has 0 radical (unpaired) electrons. The Kier molecular flexibility index (Phi) is 7.19. The van der Waals surface area contributed by atoms with Gasteiger partial charge in [-0.1, -0.05) is 12.1 Å². The summed E-state index contributed by atoms with van der Waals surface area (Å²) in [6, 6.07) is 16.3. The maximum atomic E-state index is 12.9. The van der Waals surface area contributed by atoms with Gasteiger partial charge in [0.1, 0.15) is 11.5 Å². The summed E-state index contributed by atoms with van der Waals surface area (Å²) in [4.78, 5) is 24.4. The van der Waals surface area contributed by atoms with Crippen LogP contribution in [-0.2, 0) is 14.8 Å². The van der Waals surface area contributed by atoms with Gasteiger partial charge in [0, 0.05) is 6.07 Å². The number of para-hydroxylation sites is 1. The largest absolute Gasteiger partial charge is 0.497 e. The van der Waals surface area contributed by atoms with Crippen LogP contribution in [0.4, 0.5) is 11.4 Å². The summed E-state index contributed by atoms with van der Waals surface area (Å²) < 4.78 is 43.2. The predicted molar refractivity (Wildman–Crippen MR) is 123 cm³/mol. The molecule has 0 aliphatic carbocycles. The van der Waals surface area contributed by atoms with Crippen molar-refractivity contribution in [2.45, 2.75) is 4.90 Å². The molecule has 0 fully saturated rings. The smallest absolute Gasteiger partial charge is 0.337 e. The molecule has 0 saturated carbocycles. The van der Waals surface area contributed by atoms with Crippen LogP contribution in [0.5, 0.6) is 11.5 Å². The molecule has 3 aromatic carbocycles. The van der Waals surface area contributed by atoms with Crippen molar-refractivity contribution in [1.82, 2.24) is 0 Å². The predicted octanol–water partition coefficient (Wildman–Crippen LogP) is 3.54. The van der Waals surface area contributed by atoms with Crippen LogP contribution in [0.2, 0.25) is 0 Å².